The van der Waals surface area contributed by atoms with Crippen LogP contribution in [0.15, 0.2) is 35.6 Å². The number of allylic oxidation sites excluding steroid dienone is 3. The van der Waals surface area contributed by atoms with Gasteiger partial charge in [0.15, 0.2) is 0 Å². The number of hydrogen-bond acceptors (Lipinski definition) is 5. The van der Waals surface area contributed by atoms with Crippen LogP contribution in [0.2, 0.25) is 0 Å². The van der Waals surface area contributed by atoms with E-state index in [0.717, 1.165) is 0 Å². The maximum atomic E-state index is 11.8. The van der Waals surface area contributed by atoms with Gasteiger partial charge >= 0.3 is 11.9 Å². The van der Waals surface area contributed by atoms with Crippen LogP contribution in [0, 0.1) is 5.41 Å². The molecule has 90 valence electrons. The molecule has 0 radical (unpaired) electrons. The minimum absolute atomic E-state index is 0.0891. The number of esters is 2. The van der Waals surface area contributed by atoms with Crippen molar-refractivity contribution < 1.29 is 23.8 Å². The first kappa shape index (κ1) is 11.4. The number of fused-ring (bicyclic) bond motifs is 1. The molecule has 17 heavy (non-hydrogen) atoms. The average molecular weight is 236 g/mol. The second-order valence-corrected chi connectivity index (χ2v) is 3.67. The van der Waals surface area contributed by atoms with Gasteiger partial charge < -0.3 is 14.2 Å². The van der Waals surface area contributed by atoms with E-state index in [-0.39, 0.29) is 6.61 Å². The lowest BCUT2D eigenvalue weighted by atomic mass is 9.82. The third-order valence-electron chi connectivity index (χ3n) is 2.88. The number of hydrogen-bond donors (Lipinski definition) is 0. The standard InChI is InChI=1S/C12H12O5/c1-15-9-4-3-8-7-17-11(14)12(8,6-5-9)10(13)16-2/h3-6H,7H2,1-2H3. The molecule has 0 aromatic heterocycles. The van der Waals surface area contributed by atoms with Crippen molar-refractivity contribution in [3.05, 3.63) is 35.6 Å². The lowest BCUT2D eigenvalue weighted by Crippen LogP contribution is -2.36. The maximum Gasteiger partial charge on any atom is 0.332 e. The van der Waals surface area contributed by atoms with Gasteiger partial charge in [-0.15, -0.1) is 0 Å². The summed E-state index contributed by atoms with van der Waals surface area (Å²) in [5.41, 5.74) is -0.899. The molecule has 1 aliphatic heterocycles. The van der Waals surface area contributed by atoms with Gasteiger partial charge in [0.2, 0.25) is 5.41 Å². The lowest BCUT2D eigenvalue weighted by molar-refractivity contribution is -0.158. The fraction of sp³-hybridized carbons (Fsp3) is 0.333. The summed E-state index contributed by atoms with van der Waals surface area (Å²) in [6, 6.07) is 0. The summed E-state index contributed by atoms with van der Waals surface area (Å²) in [6.45, 7) is 0.0891. The van der Waals surface area contributed by atoms with Gasteiger partial charge in [-0.2, -0.15) is 0 Å². The van der Waals surface area contributed by atoms with Crippen LogP contribution in [0.5, 0.6) is 0 Å². The third-order valence-corrected chi connectivity index (χ3v) is 2.88. The molecule has 0 spiro atoms. The molecule has 0 aromatic rings. The second kappa shape index (κ2) is 4.08. The minimum Gasteiger partial charge on any atom is -0.497 e. The molecule has 0 saturated carbocycles. The van der Waals surface area contributed by atoms with E-state index in [0.29, 0.717) is 11.3 Å². The Morgan fingerprint density at radius 2 is 2.18 bits per heavy atom. The number of ether oxygens (including phenoxy) is 3. The quantitative estimate of drug-likeness (QED) is 0.522. The van der Waals surface area contributed by atoms with E-state index in [9.17, 15) is 9.59 Å². The van der Waals surface area contributed by atoms with Gasteiger partial charge in [-0.1, -0.05) is 6.08 Å². The van der Waals surface area contributed by atoms with E-state index in [2.05, 4.69) is 0 Å². The minimum atomic E-state index is -1.45. The summed E-state index contributed by atoms with van der Waals surface area (Å²) in [6.07, 6.45) is 6.36. The molecule has 1 unspecified atom stereocenters. The number of rotatable bonds is 2. The highest BCUT2D eigenvalue weighted by molar-refractivity contribution is 6.07. The first-order chi connectivity index (χ1) is 8.15. The Hall–Kier alpha value is -2.04. The largest absolute Gasteiger partial charge is 0.497 e. The molecule has 0 amide bonds. The highest BCUT2D eigenvalue weighted by Gasteiger charge is 2.54. The Bertz CT molecular complexity index is 458. The Labute approximate surface area is 98.3 Å². The van der Waals surface area contributed by atoms with Crippen molar-refractivity contribution in [2.75, 3.05) is 20.8 Å². The fourth-order valence-corrected chi connectivity index (χ4v) is 1.88. The van der Waals surface area contributed by atoms with Crippen molar-refractivity contribution in [1.29, 1.82) is 0 Å². The second-order valence-electron chi connectivity index (χ2n) is 3.67. The van der Waals surface area contributed by atoms with Crippen LogP contribution in [0.25, 0.3) is 0 Å². The Morgan fingerprint density at radius 3 is 2.82 bits per heavy atom. The molecule has 5 heteroatoms. The van der Waals surface area contributed by atoms with E-state index >= 15 is 0 Å². The van der Waals surface area contributed by atoms with Gasteiger partial charge in [0.05, 0.1) is 14.2 Å². The summed E-state index contributed by atoms with van der Waals surface area (Å²) in [4.78, 5) is 23.6. The van der Waals surface area contributed by atoms with Crippen LogP contribution in [-0.2, 0) is 23.8 Å². The normalized spacial score (nSPS) is 26.4. The zero-order valence-electron chi connectivity index (χ0n) is 9.56. The molecule has 0 bridgehead atoms. The number of methoxy groups -OCH3 is 2. The molecule has 1 aliphatic carbocycles. The Balaban J connectivity index is 2.53. The molecule has 1 heterocycles. The summed E-state index contributed by atoms with van der Waals surface area (Å²) >= 11 is 0. The Morgan fingerprint density at radius 1 is 1.41 bits per heavy atom. The van der Waals surface area contributed by atoms with Gasteiger partial charge in [0.25, 0.3) is 0 Å². The van der Waals surface area contributed by atoms with Crippen molar-refractivity contribution in [3.8, 4) is 0 Å². The molecular formula is C12H12O5. The van der Waals surface area contributed by atoms with Gasteiger partial charge in [-0.25, -0.2) is 0 Å². The lowest BCUT2D eigenvalue weighted by Gasteiger charge is -2.18. The topological polar surface area (TPSA) is 61.8 Å². The molecule has 0 aromatic carbocycles. The van der Waals surface area contributed by atoms with Crippen LogP contribution in [0.1, 0.15) is 0 Å². The zero-order chi connectivity index (χ0) is 12.5. The van der Waals surface area contributed by atoms with Crippen molar-refractivity contribution in [3.63, 3.8) is 0 Å². The van der Waals surface area contributed by atoms with Crippen molar-refractivity contribution in [1.82, 2.24) is 0 Å². The molecule has 2 aliphatic rings. The summed E-state index contributed by atoms with van der Waals surface area (Å²) < 4.78 is 14.7. The van der Waals surface area contributed by atoms with E-state index in [4.69, 9.17) is 14.2 Å². The van der Waals surface area contributed by atoms with Crippen molar-refractivity contribution >= 4 is 11.9 Å². The fourth-order valence-electron chi connectivity index (χ4n) is 1.88. The first-order valence-corrected chi connectivity index (χ1v) is 5.05. The number of carbonyl (C=O) groups is 2. The van der Waals surface area contributed by atoms with E-state index in [1.807, 2.05) is 0 Å². The molecule has 2 rings (SSSR count). The van der Waals surface area contributed by atoms with Crippen LogP contribution in [-0.4, -0.2) is 32.8 Å². The van der Waals surface area contributed by atoms with Crippen LogP contribution >= 0.6 is 0 Å². The number of cyclic esters (lactones) is 1. The predicted octanol–water partition coefficient (Wildman–Crippen LogP) is 0.729. The summed E-state index contributed by atoms with van der Waals surface area (Å²) in [5, 5.41) is 0. The van der Waals surface area contributed by atoms with E-state index in [1.54, 1.807) is 18.2 Å². The van der Waals surface area contributed by atoms with Gasteiger partial charge in [-0.3, -0.25) is 9.59 Å². The smallest absolute Gasteiger partial charge is 0.332 e. The third kappa shape index (κ3) is 1.54. The Kier molecular flexibility index (Phi) is 2.75. The SMILES string of the molecule is COC(=O)C12C=CC(OC)=CC=C1COC2=O. The molecular weight excluding hydrogens is 224 g/mol. The zero-order valence-corrected chi connectivity index (χ0v) is 9.56. The molecule has 1 fully saturated rings. The predicted molar refractivity (Wildman–Crippen MR) is 57.7 cm³/mol. The van der Waals surface area contributed by atoms with Gasteiger partial charge in [0.1, 0.15) is 12.4 Å². The van der Waals surface area contributed by atoms with E-state index < -0.39 is 17.4 Å². The highest BCUT2D eigenvalue weighted by atomic mass is 16.6. The summed E-state index contributed by atoms with van der Waals surface area (Å²) in [7, 11) is 2.75. The monoisotopic (exact) mass is 236 g/mol. The van der Waals surface area contributed by atoms with Crippen LogP contribution in [0.3, 0.4) is 0 Å². The highest BCUT2D eigenvalue weighted by Crippen LogP contribution is 2.39. The van der Waals surface area contributed by atoms with Crippen LogP contribution < -0.4 is 0 Å². The van der Waals surface area contributed by atoms with Crippen molar-refractivity contribution in [2.24, 2.45) is 5.41 Å². The van der Waals surface area contributed by atoms with Gasteiger partial charge in [-0.05, 0) is 23.8 Å². The molecule has 0 N–H and O–H groups in total. The molecule has 1 atom stereocenters. The summed E-state index contributed by atoms with van der Waals surface area (Å²) in [5.74, 6) is -0.700. The number of carbonyl (C=O) groups excluding carboxylic acids is 2. The molecule has 5 nitrogen and oxygen atoms in total. The maximum absolute atomic E-state index is 11.8. The molecule has 1 saturated heterocycles. The van der Waals surface area contributed by atoms with Gasteiger partial charge in [0, 0.05) is 0 Å². The first-order valence-electron chi connectivity index (χ1n) is 5.05. The van der Waals surface area contributed by atoms with Crippen molar-refractivity contribution in [2.45, 2.75) is 0 Å². The van der Waals surface area contributed by atoms with Crippen LogP contribution in [0.4, 0.5) is 0 Å². The van der Waals surface area contributed by atoms with E-state index in [1.165, 1.54) is 20.3 Å². The average Bonchev–Trinajstić information content (AvgIpc) is 2.57.